The van der Waals surface area contributed by atoms with E-state index in [1.165, 1.54) is 25.7 Å². The predicted octanol–water partition coefficient (Wildman–Crippen LogP) is 2.58. The second-order valence-corrected chi connectivity index (χ2v) is 9.07. The molecule has 2 amide bonds. The maximum absolute atomic E-state index is 13.0. The molecule has 4 fully saturated rings. The minimum absolute atomic E-state index is 0. The van der Waals surface area contributed by atoms with E-state index in [0.29, 0.717) is 37.1 Å². The molecule has 4 aliphatic rings. The van der Waals surface area contributed by atoms with E-state index in [9.17, 15) is 9.59 Å². The van der Waals surface area contributed by atoms with Crippen LogP contribution in [0.3, 0.4) is 0 Å². The van der Waals surface area contributed by atoms with Crippen LogP contribution in [-0.2, 0) is 9.59 Å². The van der Waals surface area contributed by atoms with E-state index in [4.69, 9.17) is 0 Å². The molecule has 4 rings (SSSR count). The first kappa shape index (κ1) is 19.9. The molecule has 2 bridgehead atoms. The number of nitrogens with zero attached hydrogens (tertiary/aromatic N) is 2. The Balaban J connectivity index is 0.00000196. The number of hydrogen-bond donors (Lipinski definition) is 1. The van der Waals surface area contributed by atoms with Gasteiger partial charge >= 0.3 is 0 Å². The van der Waals surface area contributed by atoms with Gasteiger partial charge in [-0.3, -0.25) is 9.59 Å². The fraction of sp³-hybridized carbons (Fsp3) is 0.900. The van der Waals surface area contributed by atoms with Gasteiger partial charge in [0.25, 0.3) is 0 Å². The molecule has 6 heteroatoms. The summed E-state index contributed by atoms with van der Waals surface area (Å²) in [6, 6.07) is 1.90. The lowest BCUT2D eigenvalue weighted by Gasteiger charge is -2.37. The Kier molecular flexibility index (Phi) is 6.18. The van der Waals surface area contributed by atoms with E-state index in [2.05, 4.69) is 12.2 Å². The van der Waals surface area contributed by atoms with Crippen LogP contribution in [0, 0.1) is 11.8 Å². The molecule has 3 atom stereocenters. The minimum Gasteiger partial charge on any atom is -0.342 e. The number of hydrogen-bond acceptors (Lipinski definition) is 3. The largest absolute Gasteiger partial charge is 0.342 e. The predicted molar refractivity (Wildman–Crippen MR) is 104 cm³/mol. The second-order valence-electron chi connectivity index (χ2n) is 9.07. The van der Waals surface area contributed by atoms with Crippen molar-refractivity contribution in [2.45, 2.75) is 88.9 Å². The molecule has 26 heavy (non-hydrogen) atoms. The topological polar surface area (TPSA) is 52.7 Å². The lowest BCUT2D eigenvalue weighted by molar-refractivity contribution is -0.137. The summed E-state index contributed by atoms with van der Waals surface area (Å²) in [5, 5.41) is 3.64. The van der Waals surface area contributed by atoms with Crippen LogP contribution in [0.2, 0.25) is 0 Å². The number of carbonyl (C=O) groups excluding carboxylic acids is 2. The summed E-state index contributed by atoms with van der Waals surface area (Å²) in [6.45, 7) is 2.95. The molecule has 1 aliphatic carbocycles. The third-order valence-corrected chi connectivity index (χ3v) is 7.28. The highest BCUT2D eigenvalue weighted by atomic mass is 35.5. The molecule has 5 nitrogen and oxygen atoms in total. The fourth-order valence-electron chi connectivity index (χ4n) is 5.62. The van der Waals surface area contributed by atoms with Gasteiger partial charge in [-0.1, -0.05) is 6.92 Å². The Bertz CT molecular complexity index is 523. The quantitative estimate of drug-likeness (QED) is 0.814. The molecule has 0 aromatic heterocycles. The Morgan fingerprint density at radius 1 is 1.08 bits per heavy atom. The van der Waals surface area contributed by atoms with Crippen LogP contribution in [0.15, 0.2) is 0 Å². The van der Waals surface area contributed by atoms with Gasteiger partial charge < -0.3 is 15.1 Å². The first-order chi connectivity index (χ1) is 12.0. The number of amides is 2. The summed E-state index contributed by atoms with van der Waals surface area (Å²) in [7, 11) is 1.97. The number of fused-ring (bicyclic) bond motifs is 2. The molecular weight excluding hydrogens is 350 g/mol. The van der Waals surface area contributed by atoms with E-state index in [-0.39, 0.29) is 30.1 Å². The van der Waals surface area contributed by atoms with Crippen molar-refractivity contribution in [1.82, 2.24) is 15.1 Å². The zero-order valence-electron chi connectivity index (χ0n) is 16.2. The van der Waals surface area contributed by atoms with Crippen molar-refractivity contribution in [3.05, 3.63) is 0 Å². The van der Waals surface area contributed by atoms with Crippen LogP contribution < -0.4 is 5.32 Å². The van der Waals surface area contributed by atoms with Gasteiger partial charge in [0, 0.05) is 44.2 Å². The van der Waals surface area contributed by atoms with Crippen LogP contribution in [0.1, 0.15) is 64.7 Å². The van der Waals surface area contributed by atoms with E-state index in [1.54, 1.807) is 0 Å². The van der Waals surface area contributed by atoms with Gasteiger partial charge in [-0.05, 0) is 57.3 Å². The molecule has 1 saturated carbocycles. The maximum atomic E-state index is 13.0. The zero-order chi connectivity index (χ0) is 17.6. The van der Waals surface area contributed by atoms with Gasteiger partial charge in [-0.25, -0.2) is 0 Å². The van der Waals surface area contributed by atoms with Crippen LogP contribution in [0.4, 0.5) is 0 Å². The summed E-state index contributed by atoms with van der Waals surface area (Å²) in [5.74, 6) is 1.07. The molecule has 1 N–H and O–H groups in total. The molecular formula is C20H34ClN3O2. The van der Waals surface area contributed by atoms with Crippen molar-refractivity contribution in [1.29, 1.82) is 0 Å². The SMILES string of the molecule is CC1CCC(N2CC(C(=O)N(C)C3CC4CCC(C3)N4)CC2=O)CC1.Cl. The molecule has 3 saturated heterocycles. The molecule has 3 aliphatic heterocycles. The molecule has 0 aromatic carbocycles. The summed E-state index contributed by atoms with van der Waals surface area (Å²) in [6.07, 6.45) is 9.72. The maximum Gasteiger partial charge on any atom is 0.227 e. The molecule has 0 spiro atoms. The molecule has 3 heterocycles. The highest BCUT2D eigenvalue weighted by Crippen LogP contribution is 2.33. The first-order valence-corrected chi connectivity index (χ1v) is 10.3. The molecule has 0 radical (unpaired) electrons. The standard InChI is InChI=1S/C20H33N3O2.ClH/c1-13-3-7-17(8-4-13)23-12-14(9-19(23)24)20(25)22(2)18-10-15-5-6-16(11-18)21-15;/h13-18,21H,3-12H2,1-2H3;1H. The van der Waals surface area contributed by atoms with Crippen LogP contribution in [-0.4, -0.2) is 59.4 Å². The Morgan fingerprint density at radius 3 is 2.31 bits per heavy atom. The van der Waals surface area contributed by atoms with Gasteiger partial charge in [0.1, 0.15) is 0 Å². The Labute approximate surface area is 163 Å². The van der Waals surface area contributed by atoms with Crippen molar-refractivity contribution in [2.24, 2.45) is 11.8 Å². The lowest BCUT2D eigenvalue weighted by Crippen LogP contribution is -2.50. The van der Waals surface area contributed by atoms with E-state index >= 15 is 0 Å². The Morgan fingerprint density at radius 2 is 1.69 bits per heavy atom. The second kappa shape index (κ2) is 8.05. The summed E-state index contributed by atoms with van der Waals surface area (Å²) < 4.78 is 0. The Hall–Kier alpha value is -0.810. The lowest BCUT2D eigenvalue weighted by atomic mass is 9.86. The highest BCUT2D eigenvalue weighted by molar-refractivity contribution is 5.89. The van der Waals surface area contributed by atoms with Crippen molar-refractivity contribution < 1.29 is 9.59 Å². The van der Waals surface area contributed by atoms with E-state index < -0.39 is 0 Å². The van der Waals surface area contributed by atoms with E-state index in [0.717, 1.165) is 31.6 Å². The van der Waals surface area contributed by atoms with Crippen molar-refractivity contribution >= 4 is 24.2 Å². The number of carbonyl (C=O) groups is 2. The van der Waals surface area contributed by atoms with Crippen molar-refractivity contribution in [3.8, 4) is 0 Å². The number of piperidine rings is 1. The van der Waals surface area contributed by atoms with Crippen LogP contribution >= 0.6 is 12.4 Å². The third kappa shape index (κ3) is 3.89. The minimum atomic E-state index is -0.121. The molecule has 0 aromatic rings. The van der Waals surface area contributed by atoms with Crippen molar-refractivity contribution in [2.75, 3.05) is 13.6 Å². The first-order valence-electron chi connectivity index (χ1n) is 10.3. The average molecular weight is 384 g/mol. The fourth-order valence-corrected chi connectivity index (χ4v) is 5.62. The number of likely N-dealkylation sites (tertiary alicyclic amines) is 1. The van der Waals surface area contributed by atoms with E-state index in [1.807, 2.05) is 16.8 Å². The van der Waals surface area contributed by atoms with Crippen molar-refractivity contribution in [3.63, 3.8) is 0 Å². The van der Waals surface area contributed by atoms with Gasteiger partial charge in [0.05, 0.1) is 5.92 Å². The number of nitrogens with one attached hydrogen (secondary N) is 1. The molecule has 148 valence electrons. The van der Waals surface area contributed by atoms with Gasteiger partial charge in [-0.15, -0.1) is 12.4 Å². The smallest absolute Gasteiger partial charge is 0.227 e. The summed E-state index contributed by atoms with van der Waals surface area (Å²) in [5.41, 5.74) is 0. The normalized spacial score (nSPS) is 39.6. The monoisotopic (exact) mass is 383 g/mol. The summed E-state index contributed by atoms with van der Waals surface area (Å²) >= 11 is 0. The molecule has 3 unspecified atom stereocenters. The van der Waals surface area contributed by atoms with Crippen LogP contribution in [0.25, 0.3) is 0 Å². The van der Waals surface area contributed by atoms with Crippen LogP contribution in [0.5, 0.6) is 0 Å². The average Bonchev–Trinajstić information content (AvgIpc) is 3.16. The third-order valence-electron chi connectivity index (χ3n) is 7.28. The zero-order valence-corrected chi connectivity index (χ0v) is 17.0. The van der Waals surface area contributed by atoms with Gasteiger partial charge in [0.2, 0.25) is 11.8 Å². The summed E-state index contributed by atoms with van der Waals surface area (Å²) in [4.78, 5) is 29.6. The van der Waals surface area contributed by atoms with Gasteiger partial charge in [0.15, 0.2) is 0 Å². The number of halogens is 1. The van der Waals surface area contributed by atoms with Gasteiger partial charge in [-0.2, -0.15) is 0 Å². The highest BCUT2D eigenvalue weighted by Gasteiger charge is 2.42. The number of rotatable bonds is 3.